The molecule has 0 radical (unpaired) electrons. The van der Waals surface area contributed by atoms with Gasteiger partial charge >= 0.3 is 6.03 Å². The largest absolute Gasteiger partial charge is 0.497 e. The van der Waals surface area contributed by atoms with Crippen LogP contribution in [0.2, 0.25) is 0 Å². The summed E-state index contributed by atoms with van der Waals surface area (Å²) in [5, 5.41) is 13.6. The van der Waals surface area contributed by atoms with Crippen LogP contribution in [0.4, 0.5) is 4.79 Å². The Morgan fingerprint density at radius 3 is 2.52 bits per heavy atom. The van der Waals surface area contributed by atoms with E-state index in [0.717, 1.165) is 11.3 Å². The molecule has 8 nitrogen and oxygen atoms in total. The van der Waals surface area contributed by atoms with Gasteiger partial charge in [0.05, 0.1) is 19.2 Å². The molecule has 0 fully saturated rings. The molecular formula is C17H26N6O2. The summed E-state index contributed by atoms with van der Waals surface area (Å²) in [7, 11) is 7.45. The van der Waals surface area contributed by atoms with Crippen LogP contribution in [0.15, 0.2) is 30.6 Å². The van der Waals surface area contributed by atoms with Gasteiger partial charge in [-0.2, -0.15) is 0 Å². The number of hydrogen-bond acceptors (Lipinski definition) is 5. The van der Waals surface area contributed by atoms with Gasteiger partial charge in [-0.3, -0.25) is 0 Å². The highest BCUT2D eigenvalue weighted by Gasteiger charge is 2.18. The van der Waals surface area contributed by atoms with E-state index in [1.165, 1.54) is 0 Å². The minimum atomic E-state index is -0.240. The predicted molar refractivity (Wildman–Crippen MR) is 95.4 cm³/mol. The maximum Gasteiger partial charge on any atom is 0.315 e. The number of carbonyl (C=O) groups excluding carboxylic acids is 1. The van der Waals surface area contributed by atoms with Crippen LogP contribution in [0.1, 0.15) is 30.4 Å². The van der Waals surface area contributed by atoms with Gasteiger partial charge in [-0.05, 0) is 38.7 Å². The molecule has 0 bridgehead atoms. The number of aryl methyl sites for hydroxylation is 1. The smallest absolute Gasteiger partial charge is 0.315 e. The molecule has 2 N–H and O–H groups in total. The fraction of sp³-hybridized carbons (Fsp3) is 0.471. The molecule has 0 saturated carbocycles. The van der Waals surface area contributed by atoms with Crippen LogP contribution >= 0.6 is 0 Å². The third-order valence-electron chi connectivity index (χ3n) is 4.06. The Morgan fingerprint density at radius 1 is 1.32 bits per heavy atom. The summed E-state index contributed by atoms with van der Waals surface area (Å²) >= 11 is 0. The zero-order valence-corrected chi connectivity index (χ0v) is 15.4. The monoisotopic (exact) mass is 346 g/mol. The minimum Gasteiger partial charge on any atom is -0.497 e. The SMILES string of the molecule is COc1ccc([C@@H](CNC(=O)N[C@@H](C)c2nncn2C)N(C)C)cc1. The summed E-state index contributed by atoms with van der Waals surface area (Å²) in [6.45, 7) is 2.35. The van der Waals surface area contributed by atoms with Crippen molar-refractivity contribution in [1.82, 2.24) is 30.3 Å². The van der Waals surface area contributed by atoms with Crippen molar-refractivity contribution in [3.05, 3.63) is 42.0 Å². The lowest BCUT2D eigenvalue weighted by Gasteiger charge is -2.25. The van der Waals surface area contributed by atoms with Gasteiger partial charge in [-0.1, -0.05) is 12.1 Å². The van der Waals surface area contributed by atoms with Gasteiger partial charge in [-0.15, -0.1) is 10.2 Å². The lowest BCUT2D eigenvalue weighted by atomic mass is 10.1. The minimum absolute atomic E-state index is 0.0572. The van der Waals surface area contributed by atoms with Gasteiger partial charge in [0.25, 0.3) is 0 Å². The maximum absolute atomic E-state index is 12.2. The highest BCUT2D eigenvalue weighted by Crippen LogP contribution is 2.20. The lowest BCUT2D eigenvalue weighted by molar-refractivity contribution is 0.229. The first kappa shape index (κ1) is 18.7. The number of hydrogen-bond donors (Lipinski definition) is 2. The fourth-order valence-corrected chi connectivity index (χ4v) is 2.61. The van der Waals surface area contributed by atoms with Crippen molar-refractivity contribution in [2.45, 2.75) is 19.0 Å². The molecule has 2 aromatic rings. The van der Waals surface area contributed by atoms with Crippen molar-refractivity contribution >= 4 is 6.03 Å². The van der Waals surface area contributed by atoms with Crippen molar-refractivity contribution in [1.29, 1.82) is 0 Å². The van der Waals surface area contributed by atoms with E-state index in [0.29, 0.717) is 12.4 Å². The van der Waals surface area contributed by atoms with E-state index < -0.39 is 0 Å². The highest BCUT2D eigenvalue weighted by molar-refractivity contribution is 5.74. The summed E-state index contributed by atoms with van der Waals surface area (Å²) in [6.07, 6.45) is 1.61. The van der Waals surface area contributed by atoms with E-state index in [4.69, 9.17) is 4.74 Å². The number of benzene rings is 1. The Bertz CT molecular complexity index is 683. The number of carbonyl (C=O) groups is 1. The van der Waals surface area contributed by atoms with E-state index in [-0.39, 0.29) is 18.1 Å². The van der Waals surface area contributed by atoms with E-state index in [9.17, 15) is 4.79 Å². The molecule has 2 amide bonds. The Morgan fingerprint density at radius 2 is 2.00 bits per heavy atom. The molecule has 8 heteroatoms. The first-order chi connectivity index (χ1) is 11.9. The van der Waals surface area contributed by atoms with Crippen LogP contribution < -0.4 is 15.4 Å². The summed E-state index contributed by atoms with van der Waals surface area (Å²) in [5.74, 6) is 1.51. The zero-order chi connectivity index (χ0) is 18.4. The molecule has 1 aromatic heterocycles. The summed E-state index contributed by atoms with van der Waals surface area (Å²) in [4.78, 5) is 14.3. The van der Waals surface area contributed by atoms with Gasteiger partial charge in [-0.25, -0.2) is 4.79 Å². The molecule has 2 rings (SSSR count). The van der Waals surface area contributed by atoms with Gasteiger partial charge < -0.3 is 24.8 Å². The van der Waals surface area contributed by atoms with E-state index in [1.54, 1.807) is 18.0 Å². The topological polar surface area (TPSA) is 84.3 Å². The molecule has 1 aromatic carbocycles. The quantitative estimate of drug-likeness (QED) is 0.793. The normalized spacial score (nSPS) is 13.4. The average molecular weight is 346 g/mol. The molecule has 0 saturated heterocycles. The lowest BCUT2D eigenvalue weighted by Crippen LogP contribution is -2.41. The molecular weight excluding hydrogens is 320 g/mol. The Hall–Kier alpha value is -2.61. The molecule has 25 heavy (non-hydrogen) atoms. The fourth-order valence-electron chi connectivity index (χ4n) is 2.61. The number of nitrogens with zero attached hydrogens (tertiary/aromatic N) is 4. The van der Waals surface area contributed by atoms with Crippen molar-refractivity contribution in [3.8, 4) is 5.75 Å². The van der Waals surface area contributed by atoms with Gasteiger partial charge in [0.2, 0.25) is 0 Å². The second-order valence-corrected chi connectivity index (χ2v) is 6.13. The molecule has 1 heterocycles. The van der Waals surface area contributed by atoms with Crippen LogP contribution in [0.25, 0.3) is 0 Å². The average Bonchev–Trinajstić information content (AvgIpc) is 3.01. The second-order valence-electron chi connectivity index (χ2n) is 6.13. The van der Waals surface area contributed by atoms with E-state index in [1.807, 2.05) is 52.3 Å². The van der Waals surface area contributed by atoms with Gasteiger partial charge in [0.15, 0.2) is 5.82 Å². The molecule has 0 aliphatic rings. The Kier molecular flexibility index (Phi) is 6.35. The van der Waals surface area contributed by atoms with Crippen molar-refractivity contribution in [2.24, 2.45) is 7.05 Å². The number of urea groups is 1. The number of likely N-dealkylation sites (N-methyl/N-ethyl adjacent to an activating group) is 1. The van der Waals surface area contributed by atoms with E-state index >= 15 is 0 Å². The van der Waals surface area contributed by atoms with Crippen LogP contribution in [-0.2, 0) is 7.05 Å². The maximum atomic E-state index is 12.2. The van der Waals surface area contributed by atoms with Crippen LogP contribution in [0, 0.1) is 0 Å². The number of methoxy groups -OCH3 is 1. The predicted octanol–water partition coefficient (Wildman–Crippen LogP) is 1.49. The number of aromatic nitrogens is 3. The number of ether oxygens (including phenoxy) is 1. The highest BCUT2D eigenvalue weighted by atomic mass is 16.5. The second kappa shape index (κ2) is 8.48. The van der Waals surface area contributed by atoms with Crippen molar-refractivity contribution < 1.29 is 9.53 Å². The summed E-state index contributed by atoms with van der Waals surface area (Å²) < 4.78 is 6.97. The Balaban J connectivity index is 1.93. The molecule has 0 spiro atoms. The van der Waals surface area contributed by atoms with E-state index in [2.05, 4.69) is 25.7 Å². The van der Waals surface area contributed by atoms with Crippen molar-refractivity contribution in [3.63, 3.8) is 0 Å². The van der Waals surface area contributed by atoms with Gasteiger partial charge in [0, 0.05) is 13.6 Å². The number of nitrogens with one attached hydrogen (secondary N) is 2. The van der Waals surface area contributed by atoms with Gasteiger partial charge in [0.1, 0.15) is 12.1 Å². The molecule has 0 aliphatic carbocycles. The zero-order valence-electron chi connectivity index (χ0n) is 15.4. The Labute approximate surface area is 148 Å². The van der Waals surface area contributed by atoms with Crippen LogP contribution in [0.5, 0.6) is 5.75 Å². The van der Waals surface area contributed by atoms with Crippen molar-refractivity contribution in [2.75, 3.05) is 27.7 Å². The first-order valence-electron chi connectivity index (χ1n) is 8.11. The number of amides is 2. The first-order valence-corrected chi connectivity index (χ1v) is 8.11. The standard InChI is InChI=1S/C17H26N6O2/c1-12(16-21-19-11-23(16)4)20-17(24)18-10-15(22(2)3)13-6-8-14(25-5)9-7-13/h6-9,11-12,15H,10H2,1-5H3,(H2,18,20,24)/t12-,15+/m0/s1. The van der Waals surface area contributed by atoms with Crippen LogP contribution in [-0.4, -0.2) is 53.4 Å². The third kappa shape index (κ3) is 4.93. The number of rotatable bonds is 7. The summed E-state index contributed by atoms with van der Waals surface area (Å²) in [6, 6.07) is 7.43. The molecule has 0 aliphatic heterocycles. The summed E-state index contributed by atoms with van der Waals surface area (Å²) in [5.41, 5.74) is 1.10. The molecule has 0 unspecified atom stereocenters. The molecule has 136 valence electrons. The third-order valence-corrected chi connectivity index (χ3v) is 4.06. The molecule has 2 atom stereocenters. The van der Waals surface area contributed by atoms with Crippen LogP contribution in [0.3, 0.4) is 0 Å².